The molecule has 0 fully saturated rings. The largest absolute Gasteiger partial charge is 0.422 e. The average molecular weight is 615 g/mol. The van der Waals surface area contributed by atoms with Crippen LogP contribution in [0.2, 0.25) is 0 Å². The van der Waals surface area contributed by atoms with Crippen LogP contribution in [0, 0.1) is 11.8 Å². The number of esters is 4. The van der Waals surface area contributed by atoms with Crippen molar-refractivity contribution in [3.8, 4) is 23.0 Å². The van der Waals surface area contributed by atoms with E-state index in [1.165, 1.54) is 0 Å². The Kier molecular flexibility index (Phi) is 14.9. The van der Waals surface area contributed by atoms with Gasteiger partial charge in [-0.05, 0) is 102 Å². The minimum atomic E-state index is -0.505. The number of hydrogen-bond acceptors (Lipinski definition) is 12. The molecular weight excluding hydrogens is 568 g/mol. The van der Waals surface area contributed by atoms with Crippen LogP contribution in [-0.4, -0.2) is 102 Å². The monoisotopic (exact) mass is 614 g/mol. The average Bonchev–Trinajstić information content (AvgIpc) is 2.91. The predicted octanol–water partition coefficient (Wildman–Crippen LogP) is 1.93. The van der Waals surface area contributed by atoms with E-state index in [-0.39, 0.29) is 61.0 Å². The molecule has 242 valence electrons. The molecule has 0 heterocycles. The third-order valence-electron chi connectivity index (χ3n) is 6.53. The number of nitrogens with zero attached hydrogens (tertiary/aromatic N) is 2. The topological polar surface area (TPSA) is 136 Å². The maximum absolute atomic E-state index is 12.5. The molecule has 2 unspecified atom stereocenters. The Hall–Kier alpha value is -3.84. The number of likely N-dealkylation sites (N-methyl/N-ethyl adjacent to an activating group) is 4. The van der Waals surface area contributed by atoms with Gasteiger partial charge in [0.05, 0.1) is 26.2 Å². The van der Waals surface area contributed by atoms with E-state index < -0.39 is 23.9 Å². The molecule has 12 nitrogen and oxygen atoms in total. The highest BCUT2D eigenvalue weighted by Gasteiger charge is 2.20. The molecule has 2 aromatic rings. The van der Waals surface area contributed by atoms with Crippen molar-refractivity contribution in [2.45, 2.75) is 26.7 Å². The normalized spacial score (nSPS) is 12.5. The lowest BCUT2D eigenvalue weighted by Crippen LogP contribution is -2.27. The van der Waals surface area contributed by atoms with E-state index in [0.717, 1.165) is 11.1 Å². The zero-order valence-corrected chi connectivity index (χ0v) is 27.0. The first kappa shape index (κ1) is 36.4. The summed E-state index contributed by atoms with van der Waals surface area (Å²) in [7, 11) is 10.3. The van der Waals surface area contributed by atoms with Gasteiger partial charge in [0.15, 0.2) is 23.0 Å². The maximum atomic E-state index is 12.5. The van der Waals surface area contributed by atoms with E-state index in [4.69, 9.17) is 18.9 Å². The second kappa shape index (κ2) is 18.1. The highest BCUT2D eigenvalue weighted by Crippen LogP contribution is 2.33. The van der Waals surface area contributed by atoms with E-state index in [9.17, 15) is 19.2 Å². The summed E-state index contributed by atoms with van der Waals surface area (Å²) in [5, 5.41) is 5.48. The van der Waals surface area contributed by atoms with E-state index in [0.29, 0.717) is 12.8 Å². The van der Waals surface area contributed by atoms with Crippen molar-refractivity contribution < 1.29 is 38.1 Å². The van der Waals surface area contributed by atoms with Crippen LogP contribution in [0.3, 0.4) is 0 Å². The summed E-state index contributed by atoms with van der Waals surface area (Å²) < 4.78 is 22.0. The molecule has 0 aromatic heterocycles. The minimum Gasteiger partial charge on any atom is -0.422 e. The Balaban J connectivity index is 2.22. The van der Waals surface area contributed by atoms with Crippen molar-refractivity contribution in [1.82, 2.24) is 20.4 Å². The van der Waals surface area contributed by atoms with E-state index >= 15 is 0 Å². The van der Waals surface area contributed by atoms with Crippen molar-refractivity contribution in [2.24, 2.45) is 11.8 Å². The Bertz CT molecular complexity index is 1280. The highest BCUT2D eigenvalue weighted by molar-refractivity contribution is 5.79. The molecule has 2 atom stereocenters. The molecule has 2 aromatic carbocycles. The van der Waals surface area contributed by atoms with Gasteiger partial charge in [0, 0.05) is 0 Å². The number of nitrogens with one attached hydrogen (secondary N) is 2. The lowest BCUT2D eigenvalue weighted by molar-refractivity contribution is -0.137. The standard InChI is InChI=1S/C32H46N4O8/c1-21(13-23-9-11-25(41-29(37)17-33-3)27(15-23)43-30(38)18-34-4)22(2)14-24-10-12-26(42-31(39)19-35(5)6)28(16-24)44-32(40)20-36(7)8/h9-12,15-16,21-22,33-34H,13-14,17-20H2,1-8H3. The quantitative estimate of drug-likeness (QED) is 0.199. The van der Waals surface area contributed by atoms with Crippen molar-refractivity contribution in [3.63, 3.8) is 0 Å². The van der Waals surface area contributed by atoms with Crippen molar-refractivity contribution in [2.75, 3.05) is 68.5 Å². The third-order valence-corrected chi connectivity index (χ3v) is 6.53. The number of carbonyl (C=O) groups excluding carboxylic acids is 4. The van der Waals surface area contributed by atoms with Gasteiger partial charge in [-0.3, -0.25) is 29.0 Å². The molecule has 0 aliphatic carbocycles. The number of carbonyl (C=O) groups is 4. The molecule has 12 heteroatoms. The third kappa shape index (κ3) is 12.8. The molecule has 0 saturated heterocycles. The fourth-order valence-electron chi connectivity index (χ4n) is 4.27. The number of rotatable bonds is 17. The van der Waals surface area contributed by atoms with Gasteiger partial charge >= 0.3 is 23.9 Å². The molecule has 0 radical (unpaired) electrons. The van der Waals surface area contributed by atoms with Gasteiger partial charge in [0.2, 0.25) is 0 Å². The summed E-state index contributed by atoms with van der Waals surface area (Å²) in [5.41, 5.74) is 1.82. The molecular formula is C32H46N4O8. The SMILES string of the molecule is CNCC(=O)Oc1ccc(CC(C)C(C)Cc2ccc(OC(=O)CN(C)C)c(OC(=O)CN(C)C)c2)cc1OC(=O)CNC. The summed E-state index contributed by atoms with van der Waals surface area (Å²) in [6.07, 6.45) is 1.32. The van der Waals surface area contributed by atoms with Gasteiger partial charge in [0.1, 0.15) is 0 Å². The zero-order chi connectivity index (χ0) is 32.8. The first-order valence-electron chi connectivity index (χ1n) is 14.5. The van der Waals surface area contributed by atoms with Gasteiger partial charge in [-0.25, -0.2) is 0 Å². The molecule has 2 rings (SSSR count). The van der Waals surface area contributed by atoms with Crippen LogP contribution in [0.15, 0.2) is 36.4 Å². The molecule has 0 aliphatic rings. The minimum absolute atomic E-state index is 0.00164. The summed E-state index contributed by atoms with van der Waals surface area (Å²) in [6.45, 7) is 4.40. The Morgan fingerprint density at radius 1 is 0.591 bits per heavy atom. The van der Waals surface area contributed by atoms with Crippen LogP contribution in [0.25, 0.3) is 0 Å². The van der Waals surface area contributed by atoms with Gasteiger partial charge in [0.25, 0.3) is 0 Å². The van der Waals surface area contributed by atoms with Crippen LogP contribution in [0.4, 0.5) is 0 Å². The van der Waals surface area contributed by atoms with Crippen molar-refractivity contribution in [1.29, 1.82) is 0 Å². The fraction of sp³-hybridized carbons (Fsp3) is 0.500. The van der Waals surface area contributed by atoms with Crippen LogP contribution in [-0.2, 0) is 32.0 Å². The molecule has 2 N–H and O–H groups in total. The molecule has 0 spiro atoms. The summed E-state index contributed by atoms with van der Waals surface area (Å²) in [5.74, 6) is -0.845. The lowest BCUT2D eigenvalue weighted by Gasteiger charge is -2.21. The van der Waals surface area contributed by atoms with Crippen LogP contribution >= 0.6 is 0 Å². The number of ether oxygens (including phenoxy) is 4. The van der Waals surface area contributed by atoms with E-state index in [1.807, 2.05) is 12.1 Å². The highest BCUT2D eigenvalue weighted by atomic mass is 16.6. The first-order chi connectivity index (χ1) is 20.8. The van der Waals surface area contributed by atoms with Crippen molar-refractivity contribution in [3.05, 3.63) is 47.5 Å². The van der Waals surface area contributed by atoms with Crippen LogP contribution in [0.1, 0.15) is 25.0 Å². The second-order valence-electron chi connectivity index (χ2n) is 11.4. The van der Waals surface area contributed by atoms with Gasteiger partial charge in [-0.2, -0.15) is 0 Å². The fourth-order valence-corrected chi connectivity index (χ4v) is 4.27. The lowest BCUT2D eigenvalue weighted by atomic mass is 9.85. The molecule has 0 amide bonds. The van der Waals surface area contributed by atoms with Crippen LogP contribution in [0.5, 0.6) is 23.0 Å². The Morgan fingerprint density at radius 2 is 0.932 bits per heavy atom. The summed E-state index contributed by atoms with van der Waals surface area (Å²) in [6, 6.07) is 10.4. The second-order valence-corrected chi connectivity index (χ2v) is 11.4. The van der Waals surface area contributed by atoms with Crippen LogP contribution < -0.4 is 29.6 Å². The zero-order valence-electron chi connectivity index (χ0n) is 27.0. The molecule has 44 heavy (non-hydrogen) atoms. The van der Waals surface area contributed by atoms with Gasteiger partial charge in [-0.1, -0.05) is 26.0 Å². The van der Waals surface area contributed by atoms with E-state index in [1.54, 1.807) is 76.4 Å². The van der Waals surface area contributed by atoms with Crippen molar-refractivity contribution >= 4 is 23.9 Å². The Labute approximate surface area is 260 Å². The number of hydrogen-bond donors (Lipinski definition) is 2. The molecule has 0 bridgehead atoms. The van der Waals surface area contributed by atoms with Gasteiger partial charge < -0.3 is 29.6 Å². The molecule has 0 aliphatic heterocycles. The first-order valence-corrected chi connectivity index (χ1v) is 14.5. The molecule has 0 saturated carbocycles. The Morgan fingerprint density at radius 3 is 1.30 bits per heavy atom. The summed E-state index contributed by atoms with van der Waals surface area (Å²) >= 11 is 0. The summed E-state index contributed by atoms with van der Waals surface area (Å²) in [4.78, 5) is 52.4. The van der Waals surface area contributed by atoms with E-state index in [2.05, 4.69) is 24.5 Å². The predicted molar refractivity (Wildman–Crippen MR) is 166 cm³/mol. The van der Waals surface area contributed by atoms with Gasteiger partial charge in [-0.15, -0.1) is 0 Å². The smallest absolute Gasteiger partial charge is 0.325 e. The maximum Gasteiger partial charge on any atom is 0.325 e. The number of benzene rings is 2.